The van der Waals surface area contributed by atoms with Crippen molar-refractivity contribution in [2.75, 3.05) is 25.5 Å². The summed E-state index contributed by atoms with van der Waals surface area (Å²) >= 11 is 6.03. The zero-order valence-electron chi connectivity index (χ0n) is 9.30. The van der Waals surface area contributed by atoms with Crippen LogP contribution in [0.3, 0.4) is 0 Å². The van der Waals surface area contributed by atoms with Gasteiger partial charge < -0.3 is 10.2 Å². The Morgan fingerprint density at radius 1 is 1.44 bits per heavy atom. The number of halogens is 3. The number of nitrogens with one attached hydrogen (secondary N) is 1. The summed E-state index contributed by atoms with van der Waals surface area (Å²) in [5, 5.41) is 3.50. The van der Waals surface area contributed by atoms with E-state index in [1.165, 1.54) is 4.90 Å². The van der Waals surface area contributed by atoms with Gasteiger partial charge in [0.25, 0.3) is 6.43 Å². The van der Waals surface area contributed by atoms with Crippen LogP contribution in [-0.2, 0) is 6.54 Å². The first-order valence-electron chi connectivity index (χ1n) is 4.97. The Kier molecular flexibility index (Phi) is 4.96. The molecule has 90 valence electrons. The van der Waals surface area contributed by atoms with Gasteiger partial charge in [0, 0.05) is 13.6 Å². The highest BCUT2D eigenvalue weighted by atomic mass is 35.5. The summed E-state index contributed by atoms with van der Waals surface area (Å²) in [5.74, 6) is 0. The third-order valence-corrected chi connectivity index (χ3v) is 2.52. The molecule has 2 nitrogen and oxygen atoms in total. The predicted molar refractivity (Wildman–Crippen MR) is 63.5 cm³/mol. The van der Waals surface area contributed by atoms with Crippen molar-refractivity contribution in [2.45, 2.75) is 13.0 Å². The third-order valence-electron chi connectivity index (χ3n) is 2.22. The minimum Gasteiger partial charge on any atom is -0.368 e. The molecule has 0 radical (unpaired) electrons. The molecule has 0 aromatic heterocycles. The second kappa shape index (κ2) is 6.01. The van der Waals surface area contributed by atoms with E-state index in [4.69, 9.17) is 11.6 Å². The molecule has 0 saturated heterocycles. The summed E-state index contributed by atoms with van der Waals surface area (Å²) in [6.07, 6.45) is -2.36. The Labute approximate surface area is 99.2 Å². The molecule has 1 aromatic rings. The van der Waals surface area contributed by atoms with Gasteiger partial charge in [-0.05, 0) is 24.7 Å². The van der Waals surface area contributed by atoms with Gasteiger partial charge in [-0.1, -0.05) is 17.7 Å². The van der Waals surface area contributed by atoms with Gasteiger partial charge in [-0.25, -0.2) is 8.78 Å². The maximum Gasteiger partial charge on any atom is 0.255 e. The summed E-state index contributed by atoms with van der Waals surface area (Å²) in [6, 6.07) is 5.42. The van der Waals surface area contributed by atoms with Crippen LogP contribution in [0.15, 0.2) is 18.2 Å². The first-order chi connectivity index (χ1) is 7.54. The summed E-state index contributed by atoms with van der Waals surface area (Å²) in [6.45, 7) is 0.393. The molecule has 16 heavy (non-hydrogen) atoms. The lowest BCUT2D eigenvalue weighted by molar-refractivity contribution is 0.156. The Morgan fingerprint density at radius 2 is 2.12 bits per heavy atom. The second-order valence-electron chi connectivity index (χ2n) is 3.59. The van der Waals surface area contributed by atoms with E-state index in [2.05, 4.69) is 5.32 Å². The molecule has 0 amide bonds. The smallest absolute Gasteiger partial charge is 0.255 e. The minimum atomic E-state index is -2.36. The van der Waals surface area contributed by atoms with Crippen LogP contribution in [0.5, 0.6) is 0 Å². The van der Waals surface area contributed by atoms with Crippen molar-refractivity contribution in [1.82, 2.24) is 5.32 Å². The number of hydrogen-bond donors (Lipinski definition) is 1. The van der Waals surface area contributed by atoms with Crippen molar-refractivity contribution in [3.05, 3.63) is 28.8 Å². The molecule has 0 spiro atoms. The SMILES string of the molecule is CNCc1ccc(N(C)CC(F)F)c(Cl)c1. The monoisotopic (exact) mass is 248 g/mol. The molecule has 1 rings (SSSR count). The van der Waals surface area contributed by atoms with Crippen molar-refractivity contribution in [3.63, 3.8) is 0 Å². The highest BCUT2D eigenvalue weighted by Gasteiger charge is 2.11. The lowest BCUT2D eigenvalue weighted by Crippen LogP contribution is -2.24. The first kappa shape index (κ1) is 13.2. The average molecular weight is 249 g/mol. The highest BCUT2D eigenvalue weighted by molar-refractivity contribution is 6.33. The van der Waals surface area contributed by atoms with E-state index >= 15 is 0 Å². The average Bonchev–Trinajstić information content (AvgIpc) is 2.16. The number of alkyl halides is 2. The zero-order chi connectivity index (χ0) is 12.1. The van der Waals surface area contributed by atoms with Gasteiger partial charge >= 0.3 is 0 Å². The number of nitrogens with zero attached hydrogens (tertiary/aromatic N) is 1. The predicted octanol–water partition coefficient (Wildman–Crippen LogP) is 2.76. The summed E-state index contributed by atoms with van der Waals surface area (Å²) in [7, 11) is 3.44. The maximum atomic E-state index is 12.2. The maximum absolute atomic E-state index is 12.2. The van der Waals surface area contributed by atoms with Crippen LogP contribution in [-0.4, -0.2) is 27.1 Å². The van der Waals surface area contributed by atoms with Gasteiger partial charge in [0.1, 0.15) is 0 Å². The van der Waals surface area contributed by atoms with Crippen molar-refractivity contribution in [3.8, 4) is 0 Å². The van der Waals surface area contributed by atoms with Gasteiger partial charge in [-0.2, -0.15) is 0 Å². The standard InChI is InChI=1S/C11H15ClF2N2/c1-15-6-8-3-4-10(9(12)5-8)16(2)7-11(13)14/h3-5,11,15H,6-7H2,1-2H3. The number of rotatable bonds is 5. The molecule has 0 heterocycles. The number of anilines is 1. The van der Waals surface area contributed by atoms with E-state index in [1.807, 2.05) is 13.1 Å². The molecule has 0 aliphatic heterocycles. The van der Waals surface area contributed by atoms with Gasteiger partial charge in [0.15, 0.2) is 0 Å². The Balaban J connectivity index is 2.81. The highest BCUT2D eigenvalue weighted by Crippen LogP contribution is 2.26. The lowest BCUT2D eigenvalue weighted by Gasteiger charge is -2.20. The van der Waals surface area contributed by atoms with Crippen molar-refractivity contribution in [1.29, 1.82) is 0 Å². The topological polar surface area (TPSA) is 15.3 Å². The normalized spacial score (nSPS) is 10.9. The zero-order valence-corrected chi connectivity index (χ0v) is 10.1. The molecule has 0 aliphatic rings. The van der Waals surface area contributed by atoms with Gasteiger partial charge in [0.05, 0.1) is 17.3 Å². The van der Waals surface area contributed by atoms with Gasteiger partial charge in [0.2, 0.25) is 0 Å². The van der Waals surface area contributed by atoms with Crippen LogP contribution < -0.4 is 10.2 Å². The van der Waals surface area contributed by atoms with Crippen LogP contribution >= 0.6 is 11.6 Å². The third kappa shape index (κ3) is 3.61. The minimum absolute atomic E-state index is 0.314. The molecule has 0 bridgehead atoms. The van der Waals surface area contributed by atoms with E-state index in [1.54, 1.807) is 19.2 Å². The van der Waals surface area contributed by atoms with Crippen LogP contribution in [0.1, 0.15) is 5.56 Å². The Morgan fingerprint density at radius 3 is 2.62 bits per heavy atom. The van der Waals surface area contributed by atoms with E-state index in [9.17, 15) is 8.78 Å². The fourth-order valence-electron chi connectivity index (χ4n) is 1.48. The van der Waals surface area contributed by atoms with Gasteiger partial charge in [-0.15, -0.1) is 0 Å². The second-order valence-corrected chi connectivity index (χ2v) is 3.99. The molecular weight excluding hydrogens is 234 g/mol. The van der Waals surface area contributed by atoms with E-state index in [0.29, 0.717) is 17.3 Å². The quantitative estimate of drug-likeness (QED) is 0.862. The van der Waals surface area contributed by atoms with E-state index < -0.39 is 6.43 Å². The van der Waals surface area contributed by atoms with E-state index in [0.717, 1.165) is 5.56 Å². The Bertz CT molecular complexity index is 345. The van der Waals surface area contributed by atoms with Crippen LogP contribution in [0.25, 0.3) is 0 Å². The molecule has 1 N–H and O–H groups in total. The van der Waals surface area contributed by atoms with Gasteiger partial charge in [-0.3, -0.25) is 0 Å². The Hall–Kier alpha value is -0.870. The fraction of sp³-hybridized carbons (Fsp3) is 0.455. The lowest BCUT2D eigenvalue weighted by atomic mass is 10.2. The molecule has 5 heteroatoms. The molecule has 0 aliphatic carbocycles. The largest absolute Gasteiger partial charge is 0.368 e. The molecule has 0 saturated carbocycles. The summed E-state index contributed by atoms with van der Waals surface area (Å²) in [4.78, 5) is 1.45. The van der Waals surface area contributed by atoms with Crippen molar-refractivity contribution < 1.29 is 8.78 Å². The van der Waals surface area contributed by atoms with Crippen LogP contribution in [0.2, 0.25) is 5.02 Å². The number of hydrogen-bond acceptors (Lipinski definition) is 2. The summed E-state index contributed by atoms with van der Waals surface area (Å²) < 4.78 is 24.4. The molecule has 0 unspecified atom stereocenters. The van der Waals surface area contributed by atoms with Crippen LogP contribution in [0.4, 0.5) is 14.5 Å². The fourth-order valence-corrected chi connectivity index (χ4v) is 1.83. The first-order valence-corrected chi connectivity index (χ1v) is 5.34. The number of benzene rings is 1. The molecule has 0 fully saturated rings. The molecule has 1 aromatic carbocycles. The van der Waals surface area contributed by atoms with Crippen molar-refractivity contribution >= 4 is 17.3 Å². The van der Waals surface area contributed by atoms with Crippen molar-refractivity contribution in [2.24, 2.45) is 0 Å². The summed E-state index contributed by atoms with van der Waals surface area (Å²) in [5.41, 5.74) is 1.66. The van der Waals surface area contributed by atoms with Crippen LogP contribution in [0, 0.1) is 0 Å². The molecule has 0 atom stereocenters. The van der Waals surface area contributed by atoms with E-state index in [-0.39, 0.29) is 6.54 Å². The molecular formula is C11H15ClF2N2.